The average Bonchev–Trinajstić information content (AvgIpc) is 3.18. The summed E-state index contributed by atoms with van der Waals surface area (Å²) in [6, 6.07) is 19.8. The average molecular weight is 492 g/mol. The van der Waals surface area contributed by atoms with Crippen molar-refractivity contribution in [2.45, 2.75) is 26.8 Å². The van der Waals surface area contributed by atoms with Gasteiger partial charge >= 0.3 is 0 Å². The highest BCUT2D eigenvalue weighted by Crippen LogP contribution is 2.29. The Balaban J connectivity index is 1.79. The van der Waals surface area contributed by atoms with Crippen molar-refractivity contribution in [3.8, 4) is 5.69 Å². The Hall–Kier alpha value is -3.77. The summed E-state index contributed by atoms with van der Waals surface area (Å²) in [7, 11) is 0. The Labute approximate surface area is 207 Å². The number of rotatable bonds is 6. The quantitative estimate of drug-likeness (QED) is 0.311. The molecule has 7 heteroatoms. The standard InChI is InChI=1S/C28H24ClF2N3O/c1-17(15-20-9-11-22(29)12-10-20)27-18(2)26(28(35)32-19(3)21-7-5-4-6-8-21)33-34(27)25-14-13-23(30)16-24(25)31/h4-16,19H,1-3H3,(H,32,35)/b17-15+/t19-/m0/s1. The first-order valence-corrected chi connectivity index (χ1v) is 11.5. The molecule has 4 aromatic rings. The van der Waals surface area contributed by atoms with Crippen molar-refractivity contribution in [1.82, 2.24) is 15.1 Å². The second-order valence-electron chi connectivity index (χ2n) is 8.31. The summed E-state index contributed by atoms with van der Waals surface area (Å²) >= 11 is 6.00. The minimum atomic E-state index is -0.780. The van der Waals surface area contributed by atoms with Gasteiger partial charge in [0, 0.05) is 16.7 Å². The third kappa shape index (κ3) is 5.33. The summed E-state index contributed by atoms with van der Waals surface area (Å²) in [5.74, 6) is -1.86. The van der Waals surface area contributed by atoms with E-state index in [0.29, 0.717) is 16.3 Å². The van der Waals surface area contributed by atoms with Crippen molar-refractivity contribution in [1.29, 1.82) is 0 Å². The Kier molecular flexibility index (Phi) is 7.12. The van der Waals surface area contributed by atoms with E-state index < -0.39 is 11.6 Å². The van der Waals surface area contributed by atoms with E-state index in [4.69, 9.17) is 11.6 Å². The van der Waals surface area contributed by atoms with Crippen molar-refractivity contribution >= 4 is 29.2 Å². The lowest BCUT2D eigenvalue weighted by atomic mass is 10.0. The molecule has 0 spiro atoms. The second kappa shape index (κ2) is 10.2. The fraction of sp³-hybridized carbons (Fsp3) is 0.143. The SMILES string of the molecule is C/C(=C\c1ccc(Cl)cc1)c1c(C)c(C(=O)N[C@@H](C)c2ccccc2)nn1-c1ccc(F)cc1F. The molecule has 0 bridgehead atoms. The van der Waals surface area contributed by atoms with Gasteiger partial charge in [0.1, 0.15) is 11.5 Å². The molecule has 4 nitrogen and oxygen atoms in total. The fourth-order valence-corrected chi connectivity index (χ4v) is 4.10. The third-order valence-corrected chi connectivity index (χ3v) is 6.00. The molecule has 0 radical (unpaired) electrons. The molecule has 0 aliphatic carbocycles. The predicted molar refractivity (Wildman–Crippen MR) is 136 cm³/mol. The lowest BCUT2D eigenvalue weighted by Crippen LogP contribution is -2.27. The summed E-state index contributed by atoms with van der Waals surface area (Å²) < 4.78 is 29.7. The summed E-state index contributed by atoms with van der Waals surface area (Å²) in [5, 5.41) is 8.05. The molecule has 3 aromatic carbocycles. The largest absolute Gasteiger partial charge is 0.344 e. The molecule has 0 saturated carbocycles. The number of halogens is 3. The van der Waals surface area contributed by atoms with Crippen LogP contribution in [0.2, 0.25) is 5.02 Å². The van der Waals surface area contributed by atoms with Crippen molar-refractivity contribution in [2.24, 2.45) is 0 Å². The molecule has 1 heterocycles. The van der Waals surface area contributed by atoms with E-state index in [9.17, 15) is 13.6 Å². The molecule has 4 rings (SSSR count). The Bertz CT molecular complexity index is 1400. The molecule has 0 aliphatic heterocycles. The number of allylic oxidation sites excluding steroid dienone is 1. The topological polar surface area (TPSA) is 46.9 Å². The minimum Gasteiger partial charge on any atom is -0.344 e. The van der Waals surface area contributed by atoms with Gasteiger partial charge in [0.15, 0.2) is 11.5 Å². The van der Waals surface area contributed by atoms with Gasteiger partial charge in [-0.25, -0.2) is 13.5 Å². The number of amides is 1. The van der Waals surface area contributed by atoms with Crippen LogP contribution in [0, 0.1) is 18.6 Å². The fourth-order valence-electron chi connectivity index (χ4n) is 3.97. The molecule has 1 atom stereocenters. The molecule has 1 aromatic heterocycles. The Morgan fingerprint density at radius 1 is 1.06 bits per heavy atom. The van der Waals surface area contributed by atoms with Crippen LogP contribution in [0.1, 0.15) is 52.8 Å². The first-order chi connectivity index (χ1) is 16.7. The lowest BCUT2D eigenvalue weighted by molar-refractivity contribution is 0.0933. The van der Waals surface area contributed by atoms with E-state index in [-0.39, 0.29) is 23.3 Å². The number of benzene rings is 3. The summed E-state index contributed by atoms with van der Waals surface area (Å²) in [5.41, 5.74) is 3.90. The molecule has 178 valence electrons. The number of nitrogens with one attached hydrogen (secondary N) is 1. The molecular weight excluding hydrogens is 468 g/mol. The molecule has 0 saturated heterocycles. The summed E-state index contributed by atoms with van der Waals surface area (Å²) in [6.45, 7) is 5.50. The lowest BCUT2D eigenvalue weighted by Gasteiger charge is -2.13. The number of aromatic nitrogens is 2. The van der Waals surface area contributed by atoms with Gasteiger partial charge in [-0.1, -0.05) is 54.1 Å². The number of hydrogen-bond acceptors (Lipinski definition) is 2. The van der Waals surface area contributed by atoms with Gasteiger partial charge < -0.3 is 5.32 Å². The van der Waals surface area contributed by atoms with Gasteiger partial charge in [0.2, 0.25) is 0 Å². The molecule has 0 aliphatic rings. The molecular formula is C28H24ClF2N3O. The van der Waals surface area contributed by atoms with Gasteiger partial charge in [-0.15, -0.1) is 0 Å². The zero-order chi connectivity index (χ0) is 25.1. The van der Waals surface area contributed by atoms with Gasteiger partial charge in [-0.2, -0.15) is 5.10 Å². The van der Waals surface area contributed by atoms with E-state index >= 15 is 0 Å². The summed E-state index contributed by atoms with van der Waals surface area (Å²) in [6.07, 6.45) is 1.90. The van der Waals surface area contributed by atoms with Crippen LogP contribution in [0.25, 0.3) is 17.3 Å². The van der Waals surface area contributed by atoms with Gasteiger partial charge in [-0.3, -0.25) is 4.79 Å². The van der Waals surface area contributed by atoms with Gasteiger partial charge in [0.05, 0.1) is 11.7 Å². The normalized spacial score (nSPS) is 12.5. The van der Waals surface area contributed by atoms with E-state index in [2.05, 4.69) is 10.4 Å². The highest BCUT2D eigenvalue weighted by Gasteiger charge is 2.24. The van der Waals surface area contributed by atoms with Crippen molar-refractivity contribution in [3.05, 3.63) is 118 Å². The van der Waals surface area contributed by atoms with Crippen LogP contribution in [0.5, 0.6) is 0 Å². The number of carbonyl (C=O) groups excluding carboxylic acids is 1. The number of carbonyl (C=O) groups is 1. The van der Waals surface area contributed by atoms with Crippen LogP contribution in [0.3, 0.4) is 0 Å². The van der Waals surface area contributed by atoms with E-state index in [0.717, 1.165) is 28.8 Å². The first kappa shape index (κ1) is 24.4. The number of hydrogen-bond donors (Lipinski definition) is 1. The van der Waals surface area contributed by atoms with Crippen molar-refractivity contribution in [3.63, 3.8) is 0 Å². The highest BCUT2D eigenvalue weighted by atomic mass is 35.5. The zero-order valence-corrected chi connectivity index (χ0v) is 20.3. The van der Waals surface area contributed by atoms with Crippen LogP contribution < -0.4 is 5.32 Å². The molecule has 1 amide bonds. The van der Waals surface area contributed by atoms with E-state index in [1.807, 2.05) is 62.4 Å². The maximum Gasteiger partial charge on any atom is 0.272 e. The molecule has 0 fully saturated rings. The predicted octanol–water partition coefficient (Wildman–Crippen LogP) is 7.16. The van der Waals surface area contributed by atoms with Crippen LogP contribution in [0.4, 0.5) is 8.78 Å². The number of nitrogens with zero attached hydrogens (tertiary/aromatic N) is 2. The van der Waals surface area contributed by atoms with Crippen LogP contribution in [0.15, 0.2) is 72.8 Å². The van der Waals surface area contributed by atoms with Crippen molar-refractivity contribution in [2.75, 3.05) is 0 Å². The van der Waals surface area contributed by atoms with E-state index in [1.54, 1.807) is 19.1 Å². The third-order valence-electron chi connectivity index (χ3n) is 5.75. The van der Waals surface area contributed by atoms with Crippen LogP contribution >= 0.6 is 11.6 Å². The van der Waals surface area contributed by atoms with E-state index in [1.165, 1.54) is 10.7 Å². The monoisotopic (exact) mass is 491 g/mol. The maximum atomic E-state index is 14.8. The van der Waals surface area contributed by atoms with Crippen molar-refractivity contribution < 1.29 is 13.6 Å². The summed E-state index contributed by atoms with van der Waals surface area (Å²) in [4.78, 5) is 13.2. The molecule has 35 heavy (non-hydrogen) atoms. The smallest absolute Gasteiger partial charge is 0.272 e. The maximum absolute atomic E-state index is 14.8. The van der Waals surface area contributed by atoms with Gasteiger partial charge in [0.25, 0.3) is 5.91 Å². The van der Waals surface area contributed by atoms with Crippen LogP contribution in [-0.2, 0) is 0 Å². The molecule has 1 N–H and O–H groups in total. The van der Waals surface area contributed by atoms with Crippen LogP contribution in [-0.4, -0.2) is 15.7 Å². The minimum absolute atomic E-state index is 0.0449. The zero-order valence-electron chi connectivity index (χ0n) is 19.5. The first-order valence-electron chi connectivity index (χ1n) is 11.1. The molecule has 0 unspecified atom stereocenters. The second-order valence-corrected chi connectivity index (χ2v) is 8.75. The Morgan fingerprint density at radius 3 is 2.40 bits per heavy atom. The highest BCUT2D eigenvalue weighted by molar-refractivity contribution is 6.30. The Morgan fingerprint density at radius 2 is 1.74 bits per heavy atom. The van der Waals surface area contributed by atoms with Gasteiger partial charge in [-0.05, 0) is 67.8 Å².